The van der Waals surface area contributed by atoms with Gasteiger partial charge in [0.2, 0.25) is 0 Å². The number of hydrogen-bond donors (Lipinski definition) is 1. The van der Waals surface area contributed by atoms with Gasteiger partial charge in [0.25, 0.3) is 6.43 Å². The molecule has 2 N–H and O–H groups in total. The Balaban J connectivity index is 3.06. The predicted octanol–water partition coefficient (Wildman–Crippen LogP) is 1.11. The molecule has 1 rings (SSSR count). The number of nitrogens with two attached hydrogens (primary N) is 1. The first-order valence-electron chi connectivity index (χ1n) is 2.53. The van der Waals surface area contributed by atoms with E-state index in [-0.39, 0.29) is 9.87 Å². The van der Waals surface area contributed by atoms with Gasteiger partial charge in [-0.25, -0.2) is 8.78 Å². The molecular formula is C4H3F2N3S2. The second-order valence-corrected chi connectivity index (χ2v) is 2.85. The monoisotopic (exact) mass is 195 g/mol. The Morgan fingerprint density at radius 3 is 2.64 bits per heavy atom. The number of aromatic nitrogens is 2. The van der Waals surface area contributed by atoms with E-state index in [1.54, 1.807) is 0 Å². The largest absolute Gasteiger partial charge is 0.389 e. The lowest BCUT2D eigenvalue weighted by Gasteiger charge is -1.94. The first-order chi connectivity index (χ1) is 5.13. The van der Waals surface area contributed by atoms with Crippen LogP contribution in [-0.4, -0.2) is 14.6 Å². The van der Waals surface area contributed by atoms with Crippen LogP contribution in [0.4, 0.5) is 8.78 Å². The maximum absolute atomic E-state index is 12.0. The van der Waals surface area contributed by atoms with Gasteiger partial charge >= 0.3 is 0 Å². The molecule has 7 heteroatoms. The van der Waals surface area contributed by atoms with Gasteiger partial charge in [-0.3, -0.25) is 0 Å². The van der Waals surface area contributed by atoms with Crippen LogP contribution in [0.15, 0.2) is 0 Å². The first-order valence-corrected chi connectivity index (χ1v) is 3.71. The fourth-order valence-corrected chi connectivity index (χ4v) is 1.25. The van der Waals surface area contributed by atoms with E-state index in [1.807, 2.05) is 0 Å². The summed E-state index contributed by atoms with van der Waals surface area (Å²) in [7, 11) is 0. The highest BCUT2D eigenvalue weighted by Gasteiger charge is 2.18. The van der Waals surface area contributed by atoms with Crippen LogP contribution in [0, 0.1) is 0 Å². The second-order valence-electron chi connectivity index (χ2n) is 1.65. The summed E-state index contributed by atoms with van der Waals surface area (Å²) >= 11 is 5.28. The molecule has 1 aromatic rings. The lowest BCUT2D eigenvalue weighted by atomic mass is 10.4. The third kappa shape index (κ3) is 1.66. The Kier molecular flexibility index (Phi) is 2.40. The van der Waals surface area contributed by atoms with Gasteiger partial charge in [0.05, 0.1) is 0 Å². The van der Waals surface area contributed by atoms with Crippen LogP contribution in [0.2, 0.25) is 0 Å². The van der Waals surface area contributed by atoms with Crippen molar-refractivity contribution >= 4 is 28.7 Å². The molecular weight excluding hydrogens is 192 g/mol. The van der Waals surface area contributed by atoms with Crippen molar-refractivity contribution in [3.8, 4) is 0 Å². The van der Waals surface area contributed by atoms with E-state index in [1.165, 1.54) is 0 Å². The van der Waals surface area contributed by atoms with E-state index < -0.39 is 12.1 Å². The molecule has 0 aliphatic carbocycles. The summed E-state index contributed by atoms with van der Waals surface area (Å²) in [4.78, 5) is 0.00491. The smallest absolute Gasteiger partial charge is 0.283 e. The number of rotatable bonds is 2. The zero-order valence-electron chi connectivity index (χ0n) is 5.12. The van der Waals surface area contributed by atoms with Crippen LogP contribution in [-0.2, 0) is 0 Å². The lowest BCUT2D eigenvalue weighted by Crippen LogP contribution is -2.10. The van der Waals surface area contributed by atoms with Crippen LogP contribution < -0.4 is 5.73 Å². The summed E-state index contributed by atoms with van der Waals surface area (Å²) in [6, 6.07) is 0. The molecule has 3 nitrogen and oxygen atoms in total. The molecule has 0 saturated carbocycles. The minimum absolute atomic E-state index is 0.0877. The molecule has 1 heterocycles. The molecule has 1 aromatic heterocycles. The average Bonchev–Trinajstić information content (AvgIpc) is 2.32. The summed E-state index contributed by atoms with van der Waals surface area (Å²) in [5.74, 6) is 0. The van der Waals surface area contributed by atoms with Gasteiger partial charge in [0, 0.05) is 0 Å². The van der Waals surface area contributed by atoms with Crippen molar-refractivity contribution in [3.63, 3.8) is 0 Å². The van der Waals surface area contributed by atoms with Crippen LogP contribution in [0.5, 0.6) is 0 Å². The molecule has 60 valence electrons. The Morgan fingerprint density at radius 1 is 1.64 bits per heavy atom. The van der Waals surface area contributed by atoms with Crippen LogP contribution in [0.3, 0.4) is 0 Å². The lowest BCUT2D eigenvalue weighted by molar-refractivity contribution is 0.146. The zero-order chi connectivity index (χ0) is 8.43. The van der Waals surface area contributed by atoms with Gasteiger partial charge in [-0.05, 0) is 11.5 Å². The maximum Gasteiger partial charge on any atom is 0.283 e. The standard InChI is InChI=1S/C4H3F2N3S2/c5-3(6)1-2(4(7)10)11-9-8-1/h3H,(H2,7,10). The van der Waals surface area contributed by atoms with Gasteiger partial charge in [-0.2, -0.15) is 0 Å². The molecule has 0 radical (unpaired) electrons. The van der Waals surface area contributed by atoms with Crippen molar-refractivity contribution in [1.29, 1.82) is 0 Å². The molecule has 0 bridgehead atoms. The highest BCUT2D eigenvalue weighted by Crippen LogP contribution is 2.22. The second kappa shape index (κ2) is 3.14. The van der Waals surface area contributed by atoms with Gasteiger partial charge in [-0.1, -0.05) is 16.7 Å². The fraction of sp³-hybridized carbons (Fsp3) is 0.250. The molecule has 0 aromatic carbocycles. The number of alkyl halides is 2. The highest BCUT2D eigenvalue weighted by molar-refractivity contribution is 7.81. The van der Waals surface area contributed by atoms with E-state index in [4.69, 9.17) is 5.73 Å². The van der Waals surface area contributed by atoms with Crippen molar-refractivity contribution in [2.24, 2.45) is 5.73 Å². The number of nitrogens with zero attached hydrogens (tertiary/aromatic N) is 2. The summed E-state index contributed by atoms with van der Waals surface area (Å²) in [6.45, 7) is 0. The summed E-state index contributed by atoms with van der Waals surface area (Å²) < 4.78 is 27.3. The van der Waals surface area contributed by atoms with Crippen molar-refractivity contribution in [2.75, 3.05) is 0 Å². The van der Waals surface area contributed by atoms with Crippen molar-refractivity contribution < 1.29 is 8.78 Å². The topological polar surface area (TPSA) is 51.8 Å². The average molecular weight is 195 g/mol. The molecule has 0 fully saturated rings. The normalized spacial score (nSPS) is 10.5. The molecule has 0 atom stereocenters. The van der Waals surface area contributed by atoms with Crippen molar-refractivity contribution in [2.45, 2.75) is 6.43 Å². The van der Waals surface area contributed by atoms with Gasteiger partial charge in [0.1, 0.15) is 9.87 Å². The fourth-order valence-electron chi connectivity index (χ4n) is 0.511. The van der Waals surface area contributed by atoms with Crippen LogP contribution in [0.1, 0.15) is 17.0 Å². The molecule has 0 spiro atoms. The Morgan fingerprint density at radius 2 is 2.27 bits per heavy atom. The third-order valence-corrected chi connectivity index (χ3v) is 2.05. The predicted molar refractivity (Wildman–Crippen MR) is 40.8 cm³/mol. The quantitative estimate of drug-likeness (QED) is 0.718. The molecule has 0 unspecified atom stereocenters. The molecule has 11 heavy (non-hydrogen) atoms. The molecule has 0 saturated heterocycles. The van der Waals surface area contributed by atoms with E-state index in [0.29, 0.717) is 0 Å². The highest BCUT2D eigenvalue weighted by atomic mass is 32.1. The van der Waals surface area contributed by atoms with Gasteiger partial charge in [-0.15, -0.1) is 5.10 Å². The van der Waals surface area contributed by atoms with E-state index in [2.05, 4.69) is 21.8 Å². The van der Waals surface area contributed by atoms with Gasteiger partial charge in [0.15, 0.2) is 5.69 Å². The van der Waals surface area contributed by atoms with Crippen molar-refractivity contribution in [3.05, 3.63) is 10.6 Å². The van der Waals surface area contributed by atoms with Crippen LogP contribution >= 0.6 is 23.8 Å². The first kappa shape index (κ1) is 8.41. The minimum Gasteiger partial charge on any atom is -0.389 e. The molecule has 0 aliphatic heterocycles. The minimum atomic E-state index is -2.66. The Bertz CT molecular complexity index is 272. The van der Waals surface area contributed by atoms with Crippen LogP contribution in [0.25, 0.3) is 0 Å². The summed E-state index contributed by atoms with van der Waals surface area (Å²) in [6.07, 6.45) is -2.66. The van der Waals surface area contributed by atoms with E-state index in [0.717, 1.165) is 11.5 Å². The Labute approximate surface area is 70.4 Å². The number of thiocarbonyl (C=S) groups is 1. The van der Waals surface area contributed by atoms with E-state index in [9.17, 15) is 8.78 Å². The number of halogens is 2. The van der Waals surface area contributed by atoms with Crippen molar-refractivity contribution in [1.82, 2.24) is 9.59 Å². The zero-order valence-corrected chi connectivity index (χ0v) is 6.75. The SMILES string of the molecule is NC(=S)c1snnc1C(F)F. The molecule has 0 amide bonds. The number of hydrogen-bond acceptors (Lipinski definition) is 4. The van der Waals surface area contributed by atoms with Gasteiger partial charge < -0.3 is 5.73 Å². The summed E-state index contributed by atoms with van der Waals surface area (Å²) in [5, 5.41) is 3.19. The summed E-state index contributed by atoms with van der Waals surface area (Å²) in [5.41, 5.74) is 4.70. The maximum atomic E-state index is 12.0. The van der Waals surface area contributed by atoms with E-state index >= 15 is 0 Å². The Hall–Kier alpha value is -0.690. The molecule has 0 aliphatic rings. The third-order valence-electron chi connectivity index (χ3n) is 0.944.